The van der Waals surface area contributed by atoms with Gasteiger partial charge in [-0.3, -0.25) is 0 Å². The standard InChI is InChI=1S/C11H14N2S/c1-8(6-12)5-9-3-2-4-10-11(9)14-7-13-10/h2-4,7-8H,5-6,12H2,1H3. The molecule has 0 aliphatic carbocycles. The minimum atomic E-state index is 0.544. The maximum Gasteiger partial charge on any atom is 0.0814 e. The Hall–Kier alpha value is -0.930. The highest BCUT2D eigenvalue weighted by Gasteiger charge is 2.06. The Kier molecular flexibility index (Phi) is 2.79. The van der Waals surface area contributed by atoms with Gasteiger partial charge in [-0.1, -0.05) is 19.1 Å². The molecule has 0 fully saturated rings. The third kappa shape index (κ3) is 1.79. The van der Waals surface area contributed by atoms with Crippen LogP contribution in [0.2, 0.25) is 0 Å². The molecule has 0 spiro atoms. The van der Waals surface area contributed by atoms with Crippen LogP contribution in [0.4, 0.5) is 0 Å². The van der Waals surface area contributed by atoms with Crippen LogP contribution < -0.4 is 5.73 Å². The van der Waals surface area contributed by atoms with Crippen LogP contribution >= 0.6 is 11.3 Å². The smallest absolute Gasteiger partial charge is 0.0814 e. The number of nitrogens with two attached hydrogens (primary N) is 1. The highest BCUT2D eigenvalue weighted by Crippen LogP contribution is 2.24. The van der Waals surface area contributed by atoms with Gasteiger partial charge in [-0.2, -0.15) is 0 Å². The van der Waals surface area contributed by atoms with Crippen LogP contribution in [0.5, 0.6) is 0 Å². The summed E-state index contributed by atoms with van der Waals surface area (Å²) in [5.74, 6) is 0.544. The van der Waals surface area contributed by atoms with E-state index in [1.165, 1.54) is 10.3 Å². The van der Waals surface area contributed by atoms with E-state index >= 15 is 0 Å². The number of thiazole rings is 1. The van der Waals surface area contributed by atoms with Crippen molar-refractivity contribution in [2.45, 2.75) is 13.3 Å². The molecule has 1 heterocycles. The zero-order chi connectivity index (χ0) is 9.97. The number of benzene rings is 1. The fourth-order valence-corrected chi connectivity index (χ4v) is 2.38. The third-order valence-corrected chi connectivity index (χ3v) is 3.33. The predicted octanol–water partition coefficient (Wildman–Crippen LogP) is 2.43. The second-order valence-corrected chi connectivity index (χ2v) is 4.52. The number of nitrogens with zero attached hydrogens (tertiary/aromatic N) is 1. The zero-order valence-corrected chi connectivity index (χ0v) is 9.05. The van der Waals surface area contributed by atoms with E-state index in [0.29, 0.717) is 5.92 Å². The van der Waals surface area contributed by atoms with E-state index in [9.17, 15) is 0 Å². The molecule has 0 aliphatic rings. The molecule has 2 rings (SSSR count). The number of aromatic nitrogens is 1. The summed E-state index contributed by atoms with van der Waals surface area (Å²) in [5, 5.41) is 0. The van der Waals surface area contributed by atoms with E-state index in [4.69, 9.17) is 5.73 Å². The first-order valence-electron chi connectivity index (χ1n) is 4.82. The predicted molar refractivity (Wildman–Crippen MR) is 61.5 cm³/mol. The monoisotopic (exact) mass is 206 g/mol. The van der Waals surface area contributed by atoms with Crippen molar-refractivity contribution in [1.82, 2.24) is 4.98 Å². The average molecular weight is 206 g/mol. The number of hydrogen-bond acceptors (Lipinski definition) is 3. The first-order valence-corrected chi connectivity index (χ1v) is 5.70. The Morgan fingerprint density at radius 1 is 1.50 bits per heavy atom. The second kappa shape index (κ2) is 4.07. The molecule has 1 aromatic carbocycles. The van der Waals surface area contributed by atoms with E-state index < -0.39 is 0 Å². The van der Waals surface area contributed by atoms with Crippen LogP contribution in [0.25, 0.3) is 10.2 Å². The molecule has 0 aliphatic heterocycles. The highest BCUT2D eigenvalue weighted by molar-refractivity contribution is 7.16. The molecule has 14 heavy (non-hydrogen) atoms. The van der Waals surface area contributed by atoms with Crippen LogP contribution in [0.3, 0.4) is 0 Å². The van der Waals surface area contributed by atoms with Gasteiger partial charge < -0.3 is 5.73 Å². The SMILES string of the molecule is CC(CN)Cc1cccc2ncsc12. The summed E-state index contributed by atoms with van der Waals surface area (Å²) in [7, 11) is 0. The first kappa shape index (κ1) is 9.62. The minimum absolute atomic E-state index is 0.544. The summed E-state index contributed by atoms with van der Waals surface area (Å²) >= 11 is 1.71. The summed E-state index contributed by atoms with van der Waals surface area (Å²) in [5.41, 5.74) is 10.0. The maximum absolute atomic E-state index is 5.63. The lowest BCUT2D eigenvalue weighted by Gasteiger charge is -2.08. The van der Waals surface area contributed by atoms with E-state index in [-0.39, 0.29) is 0 Å². The summed E-state index contributed by atoms with van der Waals surface area (Å²) in [4.78, 5) is 4.30. The maximum atomic E-state index is 5.63. The molecule has 1 atom stereocenters. The number of hydrogen-bond donors (Lipinski definition) is 1. The Balaban J connectivity index is 2.36. The van der Waals surface area contributed by atoms with Gasteiger partial charge >= 0.3 is 0 Å². The van der Waals surface area contributed by atoms with Crippen LogP contribution in [-0.2, 0) is 6.42 Å². The van der Waals surface area contributed by atoms with E-state index in [1.54, 1.807) is 11.3 Å². The lowest BCUT2D eigenvalue weighted by Crippen LogP contribution is -2.13. The topological polar surface area (TPSA) is 38.9 Å². The summed E-state index contributed by atoms with van der Waals surface area (Å²) in [6, 6.07) is 6.30. The Morgan fingerprint density at radius 3 is 3.14 bits per heavy atom. The highest BCUT2D eigenvalue weighted by atomic mass is 32.1. The molecule has 2 N–H and O–H groups in total. The zero-order valence-electron chi connectivity index (χ0n) is 8.23. The molecular formula is C11H14N2S. The Morgan fingerprint density at radius 2 is 2.36 bits per heavy atom. The van der Waals surface area contributed by atoms with Crippen LogP contribution in [0.15, 0.2) is 23.7 Å². The van der Waals surface area contributed by atoms with E-state index in [1.807, 2.05) is 5.51 Å². The summed E-state index contributed by atoms with van der Waals surface area (Å²) in [6.45, 7) is 2.93. The quantitative estimate of drug-likeness (QED) is 0.837. The Labute approximate surface area is 87.8 Å². The van der Waals surface area contributed by atoms with E-state index in [2.05, 4.69) is 30.1 Å². The van der Waals surface area contributed by atoms with E-state index in [0.717, 1.165) is 18.5 Å². The van der Waals surface area contributed by atoms with Crippen LogP contribution in [0, 0.1) is 5.92 Å². The van der Waals surface area contributed by atoms with Gasteiger partial charge in [0.25, 0.3) is 0 Å². The molecule has 0 radical (unpaired) electrons. The average Bonchev–Trinajstić information content (AvgIpc) is 2.66. The van der Waals surface area contributed by atoms with Gasteiger partial charge in [0.05, 0.1) is 15.7 Å². The van der Waals surface area contributed by atoms with Gasteiger partial charge in [-0.25, -0.2) is 4.98 Å². The minimum Gasteiger partial charge on any atom is -0.330 e. The second-order valence-electron chi connectivity index (χ2n) is 3.66. The lowest BCUT2D eigenvalue weighted by atomic mass is 10.0. The van der Waals surface area contributed by atoms with Crippen LogP contribution in [-0.4, -0.2) is 11.5 Å². The van der Waals surface area contributed by atoms with Crippen molar-refractivity contribution >= 4 is 21.6 Å². The van der Waals surface area contributed by atoms with Gasteiger partial charge in [0, 0.05) is 0 Å². The summed E-state index contributed by atoms with van der Waals surface area (Å²) in [6.07, 6.45) is 1.05. The van der Waals surface area contributed by atoms with Gasteiger partial charge in [-0.05, 0) is 30.5 Å². The van der Waals surface area contributed by atoms with Gasteiger partial charge in [0.15, 0.2) is 0 Å². The van der Waals surface area contributed by atoms with Gasteiger partial charge in [0.2, 0.25) is 0 Å². The van der Waals surface area contributed by atoms with Crippen molar-refractivity contribution in [2.24, 2.45) is 11.7 Å². The van der Waals surface area contributed by atoms with Crippen molar-refractivity contribution in [3.63, 3.8) is 0 Å². The van der Waals surface area contributed by atoms with Gasteiger partial charge in [-0.15, -0.1) is 11.3 Å². The van der Waals surface area contributed by atoms with Crippen molar-refractivity contribution in [3.05, 3.63) is 29.3 Å². The molecule has 1 unspecified atom stereocenters. The number of fused-ring (bicyclic) bond motifs is 1. The molecule has 0 bridgehead atoms. The van der Waals surface area contributed by atoms with Crippen molar-refractivity contribution in [2.75, 3.05) is 6.54 Å². The molecule has 0 saturated carbocycles. The molecule has 1 aromatic heterocycles. The first-order chi connectivity index (χ1) is 6.81. The number of rotatable bonds is 3. The Bertz CT molecular complexity index is 422. The van der Waals surface area contributed by atoms with Crippen molar-refractivity contribution in [1.29, 1.82) is 0 Å². The fraction of sp³-hybridized carbons (Fsp3) is 0.364. The molecule has 0 amide bonds. The largest absolute Gasteiger partial charge is 0.330 e. The fourth-order valence-electron chi connectivity index (χ4n) is 1.56. The van der Waals surface area contributed by atoms with Gasteiger partial charge in [0.1, 0.15) is 0 Å². The summed E-state index contributed by atoms with van der Waals surface area (Å²) < 4.78 is 1.31. The normalized spacial score (nSPS) is 13.3. The molecule has 2 aromatic rings. The van der Waals surface area contributed by atoms with Crippen LogP contribution in [0.1, 0.15) is 12.5 Å². The lowest BCUT2D eigenvalue weighted by molar-refractivity contribution is 0.595. The van der Waals surface area contributed by atoms with Crippen molar-refractivity contribution < 1.29 is 0 Å². The molecule has 0 saturated heterocycles. The molecular weight excluding hydrogens is 192 g/mol. The molecule has 3 heteroatoms. The molecule has 2 nitrogen and oxygen atoms in total. The third-order valence-electron chi connectivity index (χ3n) is 2.41. The van der Waals surface area contributed by atoms with Crippen molar-refractivity contribution in [3.8, 4) is 0 Å². The molecule has 74 valence electrons.